The molecule has 0 fully saturated rings. The van der Waals surface area contributed by atoms with Gasteiger partial charge in [-0.3, -0.25) is 0 Å². The second kappa shape index (κ2) is 22.9. The van der Waals surface area contributed by atoms with Gasteiger partial charge in [0.25, 0.3) is 0 Å². The first kappa shape index (κ1) is 59.0. The molecule has 5 aliphatic rings. The van der Waals surface area contributed by atoms with Crippen LogP contribution in [0.15, 0.2) is 121 Å². The highest BCUT2D eigenvalue weighted by atomic mass is 14.3. The van der Waals surface area contributed by atoms with Crippen molar-refractivity contribution in [3.05, 3.63) is 288 Å². The average molecular weight is 1110 g/mol. The number of fused-ring (bicyclic) bond motifs is 15. The fourth-order valence-corrected chi connectivity index (χ4v) is 14.9. The molecule has 0 heteroatoms. The Morgan fingerprint density at radius 2 is 0.600 bits per heavy atom. The first-order valence-electron chi connectivity index (χ1n) is 31.4. The zero-order chi connectivity index (χ0) is 60.8. The van der Waals surface area contributed by atoms with Crippen molar-refractivity contribution in [2.24, 2.45) is 0 Å². The van der Waals surface area contributed by atoms with Crippen LogP contribution in [0.4, 0.5) is 0 Å². The van der Waals surface area contributed by atoms with Crippen LogP contribution >= 0.6 is 0 Å². The van der Waals surface area contributed by atoms with Gasteiger partial charge in [-0.1, -0.05) is 138 Å². The van der Waals surface area contributed by atoms with Crippen LogP contribution in [-0.2, 0) is 32.1 Å². The second-order valence-electron chi connectivity index (χ2n) is 26.4. The molecule has 0 bridgehead atoms. The first-order chi connectivity index (χ1) is 40.4. The summed E-state index contributed by atoms with van der Waals surface area (Å²) in [6.07, 6.45) is 5.54. The highest BCUT2D eigenvalue weighted by molar-refractivity contribution is 5.85. The molecule has 0 saturated heterocycles. The number of hydrogen-bond acceptors (Lipinski definition) is 0. The fourth-order valence-electron chi connectivity index (χ4n) is 14.9. The standard InChI is InChI=1S/5C17H18/c1-10-5-6-16-14(7-10)9-15-8-11(2)12(3)13(4)17(15)16;1-10-5-6-15-14(7-10)9-16-13(4)12(3)11(2)8-17(15)16;1-10-5-6-14-9-15-8-11(2)12(3)13(4)17(15)16(14)7-10;1-10-6-5-7-14-15(10)9-16-13(4)12(3)11(2)8-17(14)16;1-10-6-5-7-14-9-15-8-11(2)12(3)13(4)17(15)16(10)14/h5*5-8H,9H2,1-4H3. The zero-order valence-electron chi connectivity index (χ0n) is 55.1. The highest BCUT2D eigenvalue weighted by Gasteiger charge is 2.27. The largest absolute Gasteiger partial charge is 0.0617 e. The summed E-state index contributed by atoms with van der Waals surface area (Å²) < 4.78 is 0. The van der Waals surface area contributed by atoms with Crippen molar-refractivity contribution in [2.45, 2.75) is 171 Å². The molecule has 0 saturated carbocycles. The predicted octanol–water partition coefficient (Wildman–Crippen LogP) is 22.5. The number of hydrogen-bond donors (Lipinski definition) is 0. The van der Waals surface area contributed by atoms with E-state index in [0.29, 0.717) is 0 Å². The van der Waals surface area contributed by atoms with Crippen LogP contribution in [0.25, 0.3) is 55.6 Å². The molecule has 0 nitrogen and oxygen atoms in total. The minimum absolute atomic E-state index is 1.10. The molecule has 15 rings (SSSR count). The third kappa shape index (κ3) is 10.6. The van der Waals surface area contributed by atoms with Crippen LogP contribution in [0.5, 0.6) is 0 Å². The van der Waals surface area contributed by atoms with Crippen molar-refractivity contribution < 1.29 is 0 Å². The maximum atomic E-state index is 2.37. The topological polar surface area (TPSA) is 0 Å². The third-order valence-electron chi connectivity index (χ3n) is 21.1. The van der Waals surface area contributed by atoms with Crippen molar-refractivity contribution >= 4 is 0 Å². The van der Waals surface area contributed by atoms with Gasteiger partial charge in [0.05, 0.1) is 0 Å². The van der Waals surface area contributed by atoms with Gasteiger partial charge in [0.1, 0.15) is 0 Å². The normalized spacial score (nSPS) is 12.5. The Morgan fingerprint density at radius 1 is 0.188 bits per heavy atom. The van der Waals surface area contributed by atoms with E-state index >= 15 is 0 Å². The van der Waals surface area contributed by atoms with E-state index in [9.17, 15) is 0 Å². The SMILES string of the molecule is Cc1cc2c(c(C)c1C)-c1c(C)cccc1C2.Cc1cc2c(c(C)c1C)Cc1c(C)cccc1-2.Cc1ccc2c(c1)-c1c(cc(C)c(C)c1C)C2.Cc1ccc2c(c1)Cc1c-2cc(C)c(C)c1C.Cc1ccc2c(c1)Cc1cc(C)c(C)c(C)c1-2. The van der Waals surface area contributed by atoms with Gasteiger partial charge >= 0.3 is 0 Å². The van der Waals surface area contributed by atoms with Crippen molar-refractivity contribution in [3.63, 3.8) is 0 Å². The molecule has 0 atom stereocenters. The van der Waals surface area contributed by atoms with Gasteiger partial charge in [-0.15, -0.1) is 0 Å². The fraction of sp³-hybridized carbons (Fsp3) is 0.294. The molecular formula is C85H90. The number of aryl methyl sites for hydroxylation is 10. The predicted molar refractivity (Wildman–Crippen MR) is 368 cm³/mol. The third-order valence-corrected chi connectivity index (χ3v) is 21.1. The van der Waals surface area contributed by atoms with E-state index in [2.05, 4.69) is 260 Å². The molecular weight excluding hydrogens is 1020 g/mol. The van der Waals surface area contributed by atoms with Gasteiger partial charge in [-0.25, -0.2) is 0 Å². The summed E-state index contributed by atoms with van der Waals surface area (Å²) in [5.74, 6) is 0. The highest BCUT2D eigenvalue weighted by Crippen LogP contribution is 2.46. The van der Waals surface area contributed by atoms with E-state index in [1.165, 1.54) is 223 Å². The van der Waals surface area contributed by atoms with Crippen LogP contribution < -0.4 is 0 Å². The van der Waals surface area contributed by atoms with E-state index in [4.69, 9.17) is 0 Å². The maximum Gasteiger partial charge on any atom is -0.000809 e. The van der Waals surface area contributed by atoms with Crippen molar-refractivity contribution in [1.29, 1.82) is 0 Å². The number of rotatable bonds is 0. The molecule has 10 aromatic carbocycles. The first-order valence-corrected chi connectivity index (χ1v) is 31.4. The summed E-state index contributed by atoms with van der Waals surface area (Å²) in [4.78, 5) is 0. The molecule has 0 aromatic heterocycles. The van der Waals surface area contributed by atoms with Crippen LogP contribution in [0.2, 0.25) is 0 Å². The Labute approximate surface area is 511 Å². The Bertz CT molecular complexity index is 4400. The number of benzene rings is 10. The van der Waals surface area contributed by atoms with Gasteiger partial charge in [-0.05, 0) is 376 Å². The Kier molecular flexibility index (Phi) is 15.9. The van der Waals surface area contributed by atoms with E-state index in [0.717, 1.165) is 32.1 Å². The van der Waals surface area contributed by atoms with Gasteiger partial charge in [-0.2, -0.15) is 0 Å². The summed E-state index contributed by atoms with van der Waals surface area (Å²) in [5.41, 5.74) is 58.4. The summed E-state index contributed by atoms with van der Waals surface area (Å²) in [6, 6.07) is 45.7. The van der Waals surface area contributed by atoms with Crippen LogP contribution in [0.3, 0.4) is 0 Å². The minimum atomic E-state index is 1.10. The lowest BCUT2D eigenvalue weighted by Gasteiger charge is -2.13. The molecule has 0 aliphatic heterocycles. The van der Waals surface area contributed by atoms with E-state index in [1.54, 1.807) is 0 Å². The van der Waals surface area contributed by atoms with Crippen molar-refractivity contribution in [1.82, 2.24) is 0 Å². The summed E-state index contributed by atoms with van der Waals surface area (Å²) in [7, 11) is 0. The molecule has 10 aromatic rings. The quantitative estimate of drug-likeness (QED) is 0.142. The van der Waals surface area contributed by atoms with Gasteiger partial charge < -0.3 is 0 Å². The van der Waals surface area contributed by atoms with Gasteiger partial charge in [0.2, 0.25) is 0 Å². The van der Waals surface area contributed by atoms with E-state index in [1.807, 2.05) is 0 Å². The molecule has 0 radical (unpaired) electrons. The van der Waals surface area contributed by atoms with Crippen molar-refractivity contribution in [3.8, 4) is 55.6 Å². The maximum absolute atomic E-state index is 2.37. The lowest BCUT2D eigenvalue weighted by molar-refractivity contribution is 1.15. The molecule has 5 aliphatic carbocycles. The molecule has 85 heavy (non-hydrogen) atoms. The van der Waals surface area contributed by atoms with Crippen LogP contribution in [-0.4, -0.2) is 0 Å². The van der Waals surface area contributed by atoms with E-state index in [-0.39, 0.29) is 0 Å². The van der Waals surface area contributed by atoms with Crippen LogP contribution in [0, 0.1) is 138 Å². The smallest absolute Gasteiger partial charge is 0.000809 e. The molecule has 0 N–H and O–H groups in total. The minimum Gasteiger partial charge on any atom is -0.0617 e. The summed E-state index contributed by atoms with van der Waals surface area (Å²) >= 11 is 0. The Balaban J connectivity index is 0.000000111. The van der Waals surface area contributed by atoms with Crippen molar-refractivity contribution in [2.75, 3.05) is 0 Å². The summed E-state index contributed by atoms with van der Waals surface area (Å²) in [5, 5.41) is 0. The summed E-state index contributed by atoms with van der Waals surface area (Å²) in [6.45, 7) is 44.6. The molecule has 430 valence electrons. The van der Waals surface area contributed by atoms with E-state index < -0.39 is 0 Å². The monoisotopic (exact) mass is 1110 g/mol. The average Bonchev–Trinajstić information content (AvgIpc) is 2.10. The lowest BCUT2D eigenvalue weighted by Crippen LogP contribution is -1.93. The van der Waals surface area contributed by atoms with Gasteiger partial charge in [0.15, 0.2) is 0 Å². The molecule has 0 unspecified atom stereocenters. The second-order valence-corrected chi connectivity index (χ2v) is 26.4. The van der Waals surface area contributed by atoms with Gasteiger partial charge in [0, 0.05) is 0 Å². The molecule has 0 amide bonds. The van der Waals surface area contributed by atoms with Crippen LogP contribution in [0.1, 0.15) is 167 Å². The molecule has 0 spiro atoms. The Hall–Kier alpha value is -7.80. The lowest BCUT2D eigenvalue weighted by atomic mass is 9.92. The zero-order valence-corrected chi connectivity index (χ0v) is 55.1. The Morgan fingerprint density at radius 3 is 1.19 bits per heavy atom. The molecule has 0 heterocycles.